The minimum Gasteiger partial charge on any atom is -0.366 e. The smallest absolute Gasteiger partial charge is 0.252 e. The second-order valence-corrected chi connectivity index (χ2v) is 4.48. The predicted molar refractivity (Wildman–Crippen MR) is 76.2 cm³/mol. The number of aromatic nitrogens is 2. The number of nitrogens with two attached hydrogens (primary N) is 1. The molecule has 1 aromatic heterocycles. The molecule has 0 spiro atoms. The number of aryl methyl sites for hydroxylation is 1. The van der Waals surface area contributed by atoms with Crippen molar-refractivity contribution in [3.05, 3.63) is 58.1 Å². The van der Waals surface area contributed by atoms with Gasteiger partial charge >= 0.3 is 0 Å². The average Bonchev–Trinajstić information content (AvgIpc) is 2.38. The maximum absolute atomic E-state index is 11.4. The van der Waals surface area contributed by atoms with Gasteiger partial charge in [-0.2, -0.15) is 0 Å². The van der Waals surface area contributed by atoms with Gasteiger partial charge in [0.25, 0.3) is 5.56 Å². The molecule has 0 bridgehead atoms. The van der Waals surface area contributed by atoms with E-state index in [0.717, 1.165) is 6.42 Å². The minimum absolute atomic E-state index is 0.0519. The zero-order chi connectivity index (χ0) is 13.7. The third-order valence-corrected chi connectivity index (χ3v) is 2.82. The molecule has 0 aliphatic carbocycles. The molecule has 4 N–H and O–H groups in total. The van der Waals surface area contributed by atoms with Crippen molar-refractivity contribution in [1.82, 2.24) is 9.97 Å². The normalized spacial score (nSPS) is 12.1. The first-order valence-electron chi connectivity index (χ1n) is 6.26. The lowest BCUT2D eigenvalue weighted by atomic mass is 10.1. The molecule has 0 saturated carbocycles. The summed E-state index contributed by atoms with van der Waals surface area (Å²) in [5, 5.41) is 3.20. The fourth-order valence-corrected chi connectivity index (χ4v) is 1.95. The van der Waals surface area contributed by atoms with Crippen LogP contribution in [-0.2, 0) is 6.42 Å². The summed E-state index contributed by atoms with van der Waals surface area (Å²) < 4.78 is 0. The lowest BCUT2D eigenvalue weighted by Gasteiger charge is -2.17. The number of nitrogens with zero attached hydrogens (tertiary/aromatic N) is 1. The first-order chi connectivity index (χ1) is 9.17. The third-order valence-electron chi connectivity index (χ3n) is 2.82. The quantitative estimate of drug-likeness (QED) is 0.748. The SMILES string of the molecule is Cc1nc(NC(CN)Cc2ccccc2)cc(=O)[nH]1. The Kier molecular flexibility index (Phi) is 4.30. The van der Waals surface area contributed by atoms with Crippen LogP contribution >= 0.6 is 0 Å². The molecule has 1 aromatic carbocycles. The highest BCUT2D eigenvalue weighted by molar-refractivity contribution is 5.35. The van der Waals surface area contributed by atoms with Gasteiger partial charge in [0.2, 0.25) is 0 Å². The Morgan fingerprint density at radius 2 is 2.11 bits per heavy atom. The second kappa shape index (κ2) is 6.15. The number of hydrogen-bond donors (Lipinski definition) is 3. The van der Waals surface area contributed by atoms with Gasteiger partial charge in [0.15, 0.2) is 0 Å². The molecule has 0 fully saturated rings. The number of rotatable bonds is 5. The average molecular weight is 258 g/mol. The predicted octanol–water partition coefficient (Wildman–Crippen LogP) is 1.06. The molecule has 0 aliphatic rings. The molecule has 1 atom stereocenters. The van der Waals surface area contributed by atoms with Crippen molar-refractivity contribution in [3.63, 3.8) is 0 Å². The molecule has 5 nitrogen and oxygen atoms in total. The van der Waals surface area contributed by atoms with E-state index in [0.29, 0.717) is 18.2 Å². The maximum atomic E-state index is 11.4. The van der Waals surface area contributed by atoms with Crippen LogP contribution in [0.25, 0.3) is 0 Å². The molecule has 100 valence electrons. The highest BCUT2D eigenvalue weighted by atomic mass is 16.1. The fourth-order valence-electron chi connectivity index (χ4n) is 1.95. The molecule has 1 heterocycles. The van der Waals surface area contributed by atoms with Crippen LogP contribution in [0.5, 0.6) is 0 Å². The molecule has 0 saturated heterocycles. The number of anilines is 1. The lowest BCUT2D eigenvalue weighted by Crippen LogP contribution is -2.32. The van der Waals surface area contributed by atoms with Crippen LogP contribution in [0.4, 0.5) is 5.82 Å². The Morgan fingerprint density at radius 3 is 2.74 bits per heavy atom. The van der Waals surface area contributed by atoms with Crippen molar-refractivity contribution in [3.8, 4) is 0 Å². The van der Waals surface area contributed by atoms with Gasteiger partial charge in [-0.15, -0.1) is 0 Å². The first kappa shape index (κ1) is 13.3. The summed E-state index contributed by atoms with van der Waals surface area (Å²) in [6, 6.07) is 11.6. The Bertz CT molecular complexity index is 579. The van der Waals surface area contributed by atoms with Crippen LogP contribution in [-0.4, -0.2) is 22.6 Å². The number of nitrogens with one attached hydrogen (secondary N) is 2. The Morgan fingerprint density at radius 1 is 1.37 bits per heavy atom. The molecule has 2 rings (SSSR count). The van der Waals surface area contributed by atoms with E-state index in [1.54, 1.807) is 6.92 Å². The van der Waals surface area contributed by atoms with Gasteiger partial charge in [-0.1, -0.05) is 30.3 Å². The van der Waals surface area contributed by atoms with Crippen LogP contribution < -0.4 is 16.6 Å². The van der Waals surface area contributed by atoms with Crippen LogP contribution in [0.2, 0.25) is 0 Å². The third kappa shape index (κ3) is 3.93. The number of aromatic amines is 1. The number of H-pyrrole nitrogens is 1. The first-order valence-corrected chi connectivity index (χ1v) is 6.26. The van der Waals surface area contributed by atoms with Crippen molar-refractivity contribution in [1.29, 1.82) is 0 Å². The minimum atomic E-state index is -0.162. The summed E-state index contributed by atoms with van der Waals surface area (Å²) in [5.74, 6) is 1.15. The zero-order valence-corrected chi connectivity index (χ0v) is 10.9. The van der Waals surface area contributed by atoms with Gasteiger partial charge in [0.1, 0.15) is 11.6 Å². The fraction of sp³-hybridized carbons (Fsp3) is 0.286. The standard InChI is InChI=1S/C14H18N4O/c1-10-16-13(8-14(19)17-10)18-12(9-15)7-11-5-3-2-4-6-11/h2-6,8,12H,7,9,15H2,1H3,(H2,16,17,18,19). The molecule has 0 aliphatic heterocycles. The number of hydrogen-bond acceptors (Lipinski definition) is 4. The molecule has 0 amide bonds. The van der Waals surface area contributed by atoms with Crippen molar-refractivity contribution >= 4 is 5.82 Å². The molecule has 2 aromatic rings. The molecular formula is C14H18N4O. The van der Waals surface area contributed by atoms with Gasteiger partial charge in [-0.05, 0) is 18.9 Å². The van der Waals surface area contributed by atoms with Gasteiger partial charge in [-0.3, -0.25) is 4.79 Å². The summed E-state index contributed by atoms with van der Waals surface area (Å²) in [7, 11) is 0. The summed E-state index contributed by atoms with van der Waals surface area (Å²) in [6.07, 6.45) is 0.796. The monoisotopic (exact) mass is 258 g/mol. The summed E-state index contributed by atoms with van der Waals surface area (Å²) >= 11 is 0. The maximum Gasteiger partial charge on any atom is 0.252 e. The van der Waals surface area contributed by atoms with E-state index < -0.39 is 0 Å². The highest BCUT2D eigenvalue weighted by Gasteiger charge is 2.09. The molecule has 19 heavy (non-hydrogen) atoms. The van der Waals surface area contributed by atoms with E-state index in [1.165, 1.54) is 11.6 Å². The summed E-state index contributed by atoms with van der Waals surface area (Å²) in [4.78, 5) is 18.2. The Balaban J connectivity index is 2.08. The van der Waals surface area contributed by atoms with Crippen molar-refractivity contribution < 1.29 is 0 Å². The lowest BCUT2D eigenvalue weighted by molar-refractivity contribution is 0.718. The van der Waals surface area contributed by atoms with Crippen LogP contribution in [0.15, 0.2) is 41.2 Å². The molecule has 5 heteroatoms. The Labute approximate surface area is 111 Å². The van der Waals surface area contributed by atoms with Crippen LogP contribution in [0, 0.1) is 6.92 Å². The van der Waals surface area contributed by atoms with Gasteiger partial charge in [0.05, 0.1) is 0 Å². The largest absolute Gasteiger partial charge is 0.366 e. The van der Waals surface area contributed by atoms with Crippen LogP contribution in [0.1, 0.15) is 11.4 Å². The van der Waals surface area contributed by atoms with Crippen molar-refractivity contribution in [2.24, 2.45) is 5.73 Å². The van der Waals surface area contributed by atoms with E-state index in [2.05, 4.69) is 27.4 Å². The molecule has 0 radical (unpaired) electrons. The highest BCUT2D eigenvalue weighted by Crippen LogP contribution is 2.07. The van der Waals surface area contributed by atoms with E-state index in [1.807, 2.05) is 18.2 Å². The van der Waals surface area contributed by atoms with E-state index in [4.69, 9.17) is 5.73 Å². The second-order valence-electron chi connectivity index (χ2n) is 4.48. The number of benzene rings is 1. The van der Waals surface area contributed by atoms with Crippen LogP contribution in [0.3, 0.4) is 0 Å². The van der Waals surface area contributed by atoms with Gasteiger partial charge in [-0.25, -0.2) is 4.98 Å². The van der Waals surface area contributed by atoms with E-state index >= 15 is 0 Å². The van der Waals surface area contributed by atoms with Crippen molar-refractivity contribution in [2.45, 2.75) is 19.4 Å². The summed E-state index contributed by atoms with van der Waals surface area (Å²) in [5.41, 5.74) is 6.81. The Hall–Kier alpha value is -2.14. The molecule has 1 unspecified atom stereocenters. The summed E-state index contributed by atoms with van der Waals surface area (Å²) in [6.45, 7) is 2.23. The van der Waals surface area contributed by atoms with Gasteiger partial charge in [0, 0.05) is 18.7 Å². The van der Waals surface area contributed by atoms with Gasteiger partial charge < -0.3 is 16.0 Å². The van der Waals surface area contributed by atoms with Crippen molar-refractivity contribution in [2.75, 3.05) is 11.9 Å². The topological polar surface area (TPSA) is 83.8 Å². The zero-order valence-electron chi connectivity index (χ0n) is 10.9. The van der Waals surface area contributed by atoms with E-state index in [9.17, 15) is 4.79 Å². The van der Waals surface area contributed by atoms with E-state index in [-0.39, 0.29) is 11.6 Å². The molecular weight excluding hydrogens is 240 g/mol.